The first kappa shape index (κ1) is 20.3. The fraction of sp³-hybridized carbons (Fsp3) is 1.00. The lowest BCUT2D eigenvalue weighted by Gasteiger charge is -2.17. The number of unbranched alkanes of at least 4 members (excludes halogenated alkanes) is 9. The molecular formula is C18H39NS. The third kappa shape index (κ3) is 14.7. The molecule has 1 N–H and O–H groups in total. The number of hydrogen-bond acceptors (Lipinski definition) is 2. The maximum Gasteiger partial charge on any atom is 0.0158 e. The fourth-order valence-corrected chi connectivity index (χ4v) is 3.36. The van der Waals surface area contributed by atoms with Crippen molar-refractivity contribution in [3.05, 3.63) is 0 Å². The van der Waals surface area contributed by atoms with E-state index in [4.69, 9.17) is 0 Å². The second-order valence-corrected chi connectivity index (χ2v) is 6.99. The number of rotatable bonds is 16. The van der Waals surface area contributed by atoms with Gasteiger partial charge >= 0.3 is 0 Å². The number of thioether (sulfide) groups is 1. The topological polar surface area (TPSA) is 12.0 Å². The SMILES string of the molecule is CCCCCCCCCCCCC(CSC)NCCC. The zero-order valence-corrected chi connectivity index (χ0v) is 15.2. The van der Waals surface area contributed by atoms with E-state index in [0.29, 0.717) is 0 Å². The van der Waals surface area contributed by atoms with Crippen LogP contribution in [0.1, 0.15) is 90.9 Å². The van der Waals surface area contributed by atoms with Gasteiger partial charge in [-0.15, -0.1) is 0 Å². The second-order valence-electron chi connectivity index (χ2n) is 6.08. The summed E-state index contributed by atoms with van der Waals surface area (Å²) in [5, 5.41) is 3.68. The van der Waals surface area contributed by atoms with Crippen LogP contribution < -0.4 is 5.32 Å². The molecule has 20 heavy (non-hydrogen) atoms. The standard InChI is InChI=1S/C18H39NS/c1-4-6-7-8-9-10-11-12-13-14-15-18(17-20-3)19-16-5-2/h18-19H,4-17H2,1-3H3. The molecule has 0 aromatic heterocycles. The molecule has 0 bridgehead atoms. The van der Waals surface area contributed by atoms with Crippen molar-refractivity contribution < 1.29 is 0 Å². The maximum atomic E-state index is 3.68. The Hall–Kier alpha value is 0.310. The first-order valence-corrected chi connectivity index (χ1v) is 10.5. The summed E-state index contributed by atoms with van der Waals surface area (Å²) in [5.74, 6) is 1.28. The third-order valence-electron chi connectivity index (χ3n) is 3.96. The summed E-state index contributed by atoms with van der Waals surface area (Å²) in [6, 6.07) is 0.749. The average Bonchev–Trinajstić information content (AvgIpc) is 2.46. The largest absolute Gasteiger partial charge is 0.313 e. The van der Waals surface area contributed by atoms with Crippen LogP contribution in [0.25, 0.3) is 0 Å². The number of hydrogen-bond donors (Lipinski definition) is 1. The van der Waals surface area contributed by atoms with Gasteiger partial charge in [0.2, 0.25) is 0 Å². The predicted molar refractivity (Wildman–Crippen MR) is 96.9 cm³/mol. The minimum absolute atomic E-state index is 0.749. The Morgan fingerprint density at radius 1 is 0.750 bits per heavy atom. The van der Waals surface area contributed by atoms with Crippen LogP contribution in [0.15, 0.2) is 0 Å². The van der Waals surface area contributed by atoms with Gasteiger partial charge < -0.3 is 5.32 Å². The molecule has 0 heterocycles. The molecule has 122 valence electrons. The Kier molecular flexibility index (Phi) is 17.6. The van der Waals surface area contributed by atoms with Crippen molar-refractivity contribution in [1.29, 1.82) is 0 Å². The molecule has 1 atom stereocenters. The van der Waals surface area contributed by atoms with Gasteiger partial charge in [-0.1, -0.05) is 78.1 Å². The highest BCUT2D eigenvalue weighted by Crippen LogP contribution is 2.13. The Bertz CT molecular complexity index is 173. The van der Waals surface area contributed by atoms with Gasteiger partial charge in [0.1, 0.15) is 0 Å². The first-order chi connectivity index (χ1) is 9.85. The van der Waals surface area contributed by atoms with E-state index in [1.54, 1.807) is 0 Å². The van der Waals surface area contributed by atoms with E-state index in [1.807, 2.05) is 11.8 Å². The molecule has 0 aliphatic carbocycles. The quantitative estimate of drug-likeness (QED) is 0.349. The van der Waals surface area contributed by atoms with E-state index in [2.05, 4.69) is 25.4 Å². The second kappa shape index (κ2) is 17.4. The molecule has 0 spiro atoms. The van der Waals surface area contributed by atoms with Gasteiger partial charge in [0, 0.05) is 11.8 Å². The van der Waals surface area contributed by atoms with Gasteiger partial charge in [-0.25, -0.2) is 0 Å². The Morgan fingerprint density at radius 2 is 1.30 bits per heavy atom. The van der Waals surface area contributed by atoms with Crippen LogP contribution in [0, 0.1) is 0 Å². The van der Waals surface area contributed by atoms with E-state index in [9.17, 15) is 0 Å². The Morgan fingerprint density at radius 3 is 1.80 bits per heavy atom. The Balaban J connectivity index is 3.27. The minimum Gasteiger partial charge on any atom is -0.313 e. The zero-order chi connectivity index (χ0) is 14.9. The normalized spacial score (nSPS) is 12.8. The molecule has 0 aliphatic rings. The highest BCUT2D eigenvalue weighted by Gasteiger charge is 2.05. The lowest BCUT2D eigenvalue weighted by atomic mass is 10.0. The van der Waals surface area contributed by atoms with Gasteiger partial charge in [0.25, 0.3) is 0 Å². The monoisotopic (exact) mass is 301 g/mol. The molecule has 0 saturated heterocycles. The maximum absolute atomic E-state index is 3.68. The summed E-state index contributed by atoms with van der Waals surface area (Å²) in [4.78, 5) is 0. The average molecular weight is 302 g/mol. The molecule has 2 heteroatoms. The molecule has 1 nitrogen and oxygen atoms in total. The van der Waals surface area contributed by atoms with E-state index >= 15 is 0 Å². The fourth-order valence-electron chi connectivity index (χ4n) is 2.67. The van der Waals surface area contributed by atoms with Crippen molar-refractivity contribution in [2.75, 3.05) is 18.6 Å². The molecule has 0 aromatic carbocycles. The van der Waals surface area contributed by atoms with Gasteiger partial charge in [-0.3, -0.25) is 0 Å². The minimum atomic E-state index is 0.749. The van der Waals surface area contributed by atoms with Crippen molar-refractivity contribution in [1.82, 2.24) is 5.32 Å². The van der Waals surface area contributed by atoms with Crippen molar-refractivity contribution in [3.8, 4) is 0 Å². The van der Waals surface area contributed by atoms with Gasteiger partial charge in [-0.05, 0) is 25.6 Å². The molecular weight excluding hydrogens is 262 g/mol. The highest BCUT2D eigenvalue weighted by molar-refractivity contribution is 7.98. The molecule has 0 fully saturated rings. The molecule has 0 radical (unpaired) electrons. The highest BCUT2D eigenvalue weighted by atomic mass is 32.2. The van der Waals surface area contributed by atoms with E-state index < -0.39 is 0 Å². The van der Waals surface area contributed by atoms with Crippen molar-refractivity contribution in [3.63, 3.8) is 0 Å². The summed E-state index contributed by atoms with van der Waals surface area (Å²) in [5.41, 5.74) is 0. The van der Waals surface area contributed by atoms with E-state index in [1.165, 1.54) is 89.3 Å². The van der Waals surface area contributed by atoms with Crippen LogP contribution in [0.4, 0.5) is 0 Å². The van der Waals surface area contributed by atoms with Crippen molar-refractivity contribution >= 4 is 11.8 Å². The van der Waals surface area contributed by atoms with E-state index in [-0.39, 0.29) is 0 Å². The van der Waals surface area contributed by atoms with Crippen LogP contribution in [-0.2, 0) is 0 Å². The Labute approximate surface area is 133 Å². The smallest absolute Gasteiger partial charge is 0.0158 e. The van der Waals surface area contributed by atoms with Crippen LogP contribution >= 0.6 is 11.8 Å². The first-order valence-electron chi connectivity index (χ1n) is 9.07. The van der Waals surface area contributed by atoms with Crippen LogP contribution in [0.3, 0.4) is 0 Å². The molecule has 0 saturated carbocycles. The predicted octanol–water partition coefficient (Wildman–Crippen LogP) is 6.03. The molecule has 0 amide bonds. The summed E-state index contributed by atoms with van der Waals surface area (Å²) in [6.07, 6.45) is 19.3. The summed E-state index contributed by atoms with van der Waals surface area (Å²) in [7, 11) is 0. The third-order valence-corrected chi connectivity index (χ3v) is 4.69. The molecule has 1 unspecified atom stereocenters. The lowest BCUT2D eigenvalue weighted by Crippen LogP contribution is -2.31. The number of nitrogens with one attached hydrogen (secondary N) is 1. The van der Waals surface area contributed by atoms with Gasteiger partial charge in [-0.2, -0.15) is 11.8 Å². The summed E-state index contributed by atoms with van der Waals surface area (Å²) >= 11 is 1.98. The van der Waals surface area contributed by atoms with Gasteiger partial charge in [0.05, 0.1) is 0 Å². The summed E-state index contributed by atoms with van der Waals surface area (Å²) < 4.78 is 0. The van der Waals surface area contributed by atoms with Crippen molar-refractivity contribution in [2.45, 2.75) is 96.9 Å². The van der Waals surface area contributed by atoms with Gasteiger partial charge in [0.15, 0.2) is 0 Å². The van der Waals surface area contributed by atoms with Crippen LogP contribution in [-0.4, -0.2) is 24.6 Å². The molecule has 0 aliphatic heterocycles. The van der Waals surface area contributed by atoms with Crippen molar-refractivity contribution in [2.24, 2.45) is 0 Å². The lowest BCUT2D eigenvalue weighted by molar-refractivity contribution is 0.480. The van der Waals surface area contributed by atoms with Crippen LogP contribution in [0.5, 0.6) is 0 Å². The molecule has 0 rings (SSSR count). The summed E-state index contributed by atoms with van der Waals surface area (Å²) in [6.45, 7) is 5.73. The molecule has 0 aromatic rings. The van der Waals surface area contributed by atoms with Crippen LogP contribution in [0.2, 0.25) is 0 Å². The zero-order valence-electron chi connectivity index (χ0n) is 14.4. The van der Waals surface area contributed by atoms with E-state index in [0.717, 1.165) is 6.04 Å².